The molecule has 7 rings (SSSR count). The van der Waals surface area contributed by atoms with E-state index in [1.807, 2.05) is 66.7 Å². The van der Waals surface area contributed by atoms with Crippen molar-refractivity contribution in [3.05, 3.63) is 161 Å². The van der Waals surface area contributed by atoms with Crippen LogP contribution in [0.1, 0.15) is 95.8 Å². The standard InChI is InChI=1S/C57H72N4O7SSi/c1-57(2,3)70(4,5)68-53(49-32-34-52(55-50(49)33-35-54(62)59-55)67-69(64,65)47-28-18-13-19-29-47)43-61(42-44-24-14-11-15-25-44)39-23-10-8-6-7-9-22-38-60-40-36-46(37-41-60)66-56(63)58-51-31-21-20-30-48(51)45-26-16-12-17-27-45/h11-21,24-35,46,53H,6-10,22-23,36-43H2,1-5H3,(H,58,63)(H,59,62). The first kappa shape index (κ1) is 52.3. The molecule has 0 aliphatic carbocycles. The molecular formula is C57H72N4O7SSi. The van der Waals surface area contributed by atoms with E-state index in [0.717, 1.165) is 80.8 Å². The molecule has 0 saturated carbocycles. The van der Waals surface area contributed by atoms with Crippen molar-refractivity contribution in [2.45, 2.75) is 120 Å². The Balaban J connectivity index is 0.906. The molecule has 2 N–H and O–H groups in total. The monoisotopic (exact) mass is 984 g/mol. The number of carbonyl (C=O) groups excluding carboxylic acids is 1. The summed E-state index contributed by atoms with van der Waals surface area (Å²) in [6, 6.07) is 43.2. The number of hydrogen-bond donors (Lipinski definition) is 2. The Morgan fingerprint density at radius 1 is 0.771 bits per heavy atom. The van der Waals surface area contributed by atoms with Crippen molar-refractivity contribution in [1.29, 1.82) is 0 Å². The number of aromatic amines is 1. The van der Waals surface area contributed by atoms with Crippen molar-refractivity contribution in [3.8, 4) is 16.9 Å². The molecule has 5 aromatic carbocycles. The molecule has 372 valence electrons. The van der Waals surface area contributed by atoms with Crippen molar-refractivity contribution in [2.24, 2.45) is 0 Å². The Morgan fingerprint density at radius 2 is 1.39 bits per heavy atom. The van der Waals surface area contributed by atoms with Crippen molar-refractivity contribution in [3.63, 3.8) is 0 Å². The summed E-state index contributed by atoms with van der Waals surface area (Å²) in [5.74, 6) is 0.0583. The second kappa shape index (κ2) is 24.5. The number of aromatic nitrogens is 1. The van der Waals surface area contributed by atoms with Gasteiger partial charge in [-0.1, -0.05) is 156 Å². The van der Waals surface area contributed by atoms with Gasteiger partial charge >= 0.3 is 16.2 Å². The van der Waals surface area contributed by atoms with Gasteiger partial charge in [-0.15, -0.1) is 0 Å². The number of nitrogens with one attached hydrogen (secondary N) is 2. The van der Waals surface area contributed by atoms with Gasteiger partial charge < -0.3 is 23.2 Å². The van der Waals surface area contributed by atoms with Crippen molar-refractivity contribution in [2.75, 3.05) is 38.0 Å². The molecule has 2 heterocycles. The van der Waals surface area contributed by atoms with Gasteiger partial charge in [0.1, 0.15) is 11.0 Å². The number of pyridine rings is 1. The maximum absolute atomic E-state index is 13.4. The van der Waals surface area contributed by atoms with E-state index in [2.05, 4.69) is 78.2 Å². The minimum atomic E-state index is -4.17. The highest BCUT2D eigenvalue weighted by molar-refractivity contribution is 7.87. The third-order valence-electron chi connectivity index (χ3n) is 13.9. The van der Waals surface area contributed by atoms with E-state index in [0.29, 0.717) is 17.4 Å². The third kappa shape index (κ3) is 14.7. The van der Waals surface area contributed by atoms with E-state index in [1.54, 1.807) is 30.3 Å². The summed E-state index contributed by atoms with van der Waals surface area (Å²) in [4.78, 5) is 33.6. The van der Waals surface area contributed by atoms with Gasteiger partial charge in [0.15, 0.2) is 14.1 Å². The van der Waals surface area contributed by atoms with E-state index in [9.17, 15) is 18.0 Å². The molecule has 1 aliphatic rings. The van der Waals surface area contributed by atoms with E-state index < -0.39 is 24.5 Å². The molecule has 1 aromatic heterocycles. The smallest absolute Gasteiger partial charge is 0.411 e. The first-order chi connectivity index (χ1) is 33.6. The second-order valence-corrected chi connectivity index (χ2v) is 26.5. The normalized spacial score (nSPS) is 14.4. The van der Waals surface area contributed by atoms with Crippen LogP contribution in [0.3, 0.4) is 0 Å². The second-order valence-electron chi connectivity index (χ2n) is 20.2. The van der Waals surface area contributed by atoms with Crippen LogP contribution in [0.25, 0.3) is 22.0 Å². The van der Waals surface area contributed by atoms with E-state index >= 15 is 0 Å². The van der Waals surface area contributed by atoms with Crippen molar-refractivity contribution < 1.29 is 26.6 Å². The SMILES string of the molecule is CC(C)(C)[Si](C)(C)OC(CN(CCCCCCCCCN1CCC(OC(=O)Nc2ccccc2-c2ccccc2)CC1)Cc1ccccc1)c1ccc(OS(=O)(=O)c2ccccc2)c2[nH]c(=O)ccc12. The molecule has 6 aromatic rings. The maximum Gasteiger partial charge on any atom is 0.411 e. The molecule has 11 nitrogen and oxygen atoms in total. The number of anilines is 1. The fourth-order valence-electron chi connectivity index (χ4n) is 8.95. The molecule has 13 heteroatoms. The number of amides is 1. The third-order valence-corrected chi connectivity index (χ3v) is 19.6. The number of piperidine rings is 1. The summed E-state index contributed by atoms with van der Waals surface area (Å²) in [6.07, 6.45) is 8.98. The van der Waals surface area contributed by atoms with Crippen LogP contribution >= 0.6 is 0 Å². The molecule has 1 fully saturated rings. The van der Waals surface area contributed by atoms with Gasteiger partial charge in [0, 0.05) is 43.2 Å². The highest BCUT2D eigenvalue weighted by atomic mass is 32.2. The minimum Gasteiger partial charge on any atom is -0.446 e. The summed E-state index contributed by atoms with van der Waals surface area (Å²) >= 11 is 0. The fraction of sp³-hybridized carbons (Fsp3) is 0.404. The van der Waals surface area contributed by atoms with Crippen LogP contribution in [-0.4, -0.2) is 76.4 Å². The first-order valence-electron chi connectivity index (χ1n) is 25.1. The lowest BCUT2D eigenvalue weighted by Gasteiger charge is -2.41. The number of para-hydroxylation sites is 1. The van der Waals surface area contributed by atoms with Crippen LogP contribution in [0.5, 0.6) is 5.75 Å². The van der Waals surface area contributed by atoms with Crippen LogP contribution in [0, 0.1) is 0 Å². The number of rotatable bonds is 23. The summed E-state index contributed by atoms with van der Waals surface area (Å²) in [5.41, 5.74) is 4.84. The number of fused-ring (bicyclic) bond motifs is 1. The Hall–Kier alpha value is -5.57. The van der Waals surface area contributed by atoms with E-state index in [4.69, 9.17) is 13.3 Å². The van der Waals surface area contributed by atoms with Crippen LogP contribution < -0.4 is 15.1 Å². The predicted molar refractivity (Wildman–Crippen MR) is 285 cm³/mol. The van der Waals surface area contributed by atoms with E-state index in [-0.39, 0.29) is 33.5 Å². The molecule has 1 unspecified atom stereocenters. The largest absolute Gasteiger partial charge is 0.446 e. The minimum absolute atomic E-state index is 0.0301. The van der Waals surface area contributed by atoms with Crippen LogP contribution in [-0.2, 0) is 25.8 Å². The predicted octanol–water partition coefficient (Wildman–Crippen LogP) is 13.0. The molecule has 1 saturated heterocycles. The number of likely N-dealkylation sites (tertiary alicyclic amines) is 1. The average Bonchev–Trinajstić information content (AvgIpc) is 3.34. The number of unbranched alkanes of at least 4 members (excludes halogenated alkanes) is 6. The molecule has 1 atom stereocenters. The van der Waals surface area contributed by atoms with Gasteiger partial charge in [0.05, 0.1) is 17.3 Å². The summed E-state index contributed by atoms with van der Waals surface area (Å²) in [6.45, 7) is 16.4. The molecule has 0 bridgehead atoms. The van der Waals surface area contributed by atoms with Gasteiger partial charge in [-0.25, -0.2) is 4.79 Å². The molecule has 70 heavy (non-hydrogen) atoms. The topological polar surface area (TPSA) is 130 Å². The van der Waals surface area contributed by atoms with Gasteiger partial charge in [-0.3, -0.25) is 15.0 Å². The highest BCUT2D eigenvalue weighted by Crippen LogP contribution is 2.42. The Labute approximate surface area is 416 Å². The lowest BCUT2D eigenvalue weighted by molar-refractivity contribution is 0.0584. The Bertz CT molecular complexity index is 2760. The Morgan fingerprint density at radius 3 is 2.07 bits per heavy atom. The zero-order valence-electron chi connectivity index (χ0n) is 41.7. The number of nitrogens with zero attached hydrogens (tertiary/aromatic N) is 2. The number of H-pyrrole nitrogens is 1. The molecule has 1 amide bonds. The molecular weight excluding hydrogens is 913 g/mol. The van der Waals surface area contributed by atoms with Crippen LogP contribution in [0.4, 0.5) is 10.5 Å². The summed E-state index contributed by atoms with van der Waals surface area (Å²) in [7, 11) is -6.53. The number of benzene rings is 5. The van der Waals surface area contributed by atoms with Crippen LogP contribution in [0.2, 0.25) is 18.1 Å². The number of carbonyl (C=O) groups is 1. The van der Waals surface area contributed by atoms with E-state index in [1.165, 1.54) is 55.9 Å². The van der Waals surface area contributed by atoms with Gasteiger partial charge in [0.2, 0.25) is 5.56 Å². The van der Waals surface area contributed by atoms with Crippen LogP contribution in [0.15, 0.2) is 149 Å². The van der Waals surface area contributed by atoms with Gasteiger partial charge in [-0.2, -0.15) is 8.42 Å². The average molecular weight is 985 g/mol. The molecule has 0 radical (unpaired) electrons. The Kier molecular flexibility index (Phi) is 18.3. The van der Waals surface area contributed by atoms with Crippen molar-refractivity contribution in [1.82, 2.24) is 14.8 Å². The number of ether oxygens (including phenoxy) is 1. The van der Waals surface area contributed by atoms with Crippen molar-refractivity contribution >= 4 is 41.1 Å². The first-order valence-corrected chi connectivity index (χ1v) is 29.4. The quantitative estimate of drug-likeness (QED) is 0.0366. The number of hydrogen-bond acceptors (Lipinski definition) is 9. The maximum atomic E-state index is 13.4. The van der Waals surface area contributed by atoms with Gasteiger partial charge in [-0.05, 0) is 104 Å². The lowest BCUT2D eigenvalue weighted by atomic mass is 10.0. The highest BCUT2D eigenvalue weighted by Gasteiger charge is 2.40. The fourth-order valence-corrected chi connectivity index (χ4v) is 11.2. The molecule has 0 spiro atoms. The zero-order valence-corrected chi connectivity index (χ0v) is 43.5. The zero-order chi connectivity index (χ0) is 49.6. The molecule has 1 aliphatic heterocycles. The summed E-state index contributed by atoms with van der Waals surface area (Å²) < 4.78 is 45.7. The van der Waals surface area contributed by atoms with Gasteiger partial charge in [0.25, 0.3) is 0 Å². The lowest BCUT2D eigenvalue weighted by Crippen LogP contribution is -2.44. The summed E-state index contributed by atoms with van der Waals surface area (Å²) in [5, 5.41) is 3.59.